The van der Waals surface area contributed by atoms with E-state index in [2.05, 4.69) is 60.7 Å². The zero-order valence-electron chi connectivity index (χ0n) is 24.1. The zero-order chi connectivity index (χ0) is 25.8. The molecule has 1 unspecified atom stereocenters. The fourth-order valence-corrected chi connectivity index (χ4v) is 15.7. The molecule has 3 saturated carbocycles. The Morgan fingerprint density at radius 2 is 0.923 bits per heavy atom. The van der Waals surface area contributed by atoms with E-state index in [0.29, 0.717) is 5.41 Å². The summed E-state index contributed by atoms with van der Waals surface area (Å²) < 4.78 is 0. The van der Waals surface area contributed by atoms with Crippen LogP contribution in [-0.4, -0.2) is 8.07 Å². The minimum atomic E-state index is -1.84. The van der Waals surface area contributed by atoms with Crippen molar-refractivity contribution in [2.75, 3.05) is 0 Å². The molecule has 0 radical (unpaired) electrons. The molecule has 1 spiro atoms. The van der Waals surface area contributed by atoms with Gasteiger partial charge in [0.25, 0.3) is 0 Å². The molecule has 0 saturated heterocycles. The molecule has 3 aromatic carbocycles. The maximum atomic E-state index is 4.93. The van der Waals surface area contributed by atoms with Crippen LogP contribution in [0.5, 0.6) is 0 Å². The molecule has 0 N–H and O–H groups in total. The van der Waals surface area contributed by atoms with Gasteiger partial charge in [-0.05, 0) is 35.8 Å². The molecule has 3 fully saturated rings. The molecule has 0 bridgehead atoms. The van der Waals surface area contributed by atoms with Crippen LogP contribution >= 0.6 is 17.0 Å². The van der Waals surface area contributed by atoms with Gasteiger partial charge in [-0.1, -0.05) is 165 Å². The first kappa shape index (κ1) is 34.5. The minimum Gasteiger partial charge on any atom is -0.0626 e. The number of benzene rings is 3. The van der Waals surface area contributed by atoms with Crippen LogP contribution in [0.4, 0.5) is 0 Å². The fourth-order valence-electron chi connectivity index (χ4n) is 8.22. The van der Waals surface area contributed by atoms with Gasteiger partial charge in [0, 0.05) is 0 Å². The summed E-state index contributed by atoms with van der Waals surface area (Å²) in [7, 11) is 8.03. The van der Waals surface area contributed by atoms with Crippen LogP contribution in [0.2, 0.25) is 11.1 Å². The Kier molecular flexibility index (Phi) is 15.9. The van der Waals surface area contributed by atoms with Crippen LogP contribution in [0.3, 0.4) is 0 Å². The monoisotopic (exact) mass is 656 g/mol. The average molecular weight is 659 g/mol. The van der Waals surface area contributed by atoms with Gasteiger partial charge in [-0.2, -0.15) is 0 Å². The predicted octanol–water partition coefficient (Wildman–Crippen LogP) is 10.7. The standard InChI is InChI=1S/C27H36Si.C6H6.2CH3.2ClH.Zr/c1-4-13-23(14-5-1)28(25-17-8-9-18-25,24-15-6-2-7-16-24)26-19-12-22-27(26)20-10-3-11-21-27;1-2-4-6-5-3-1;;;;;/h1-2,4-7,13-16,25-26H,3,8-12,17-22H2;1-6H;2*1H3;2*1H;/q;;2*-1;;;+4/p-2. The molecule has 0 amide bonds. The maximum absolute atomic E-state index is 4.93. The first-order valence-electron chi connectivity index (χ1n) is 14.4. The Balaban J connectivity index is 0.000000420. The van der Waals surface area contributed by atoms with Gasteiger partial charge in [0.15, 0.2) is 0 Å². The van der Waals surface area contributed by atoms with Crippen molar-refractivity contribution in [2.45, 2.75) is 88.1 Å². The van der Waals surface area contributed by atoms with E-state index < -0.39 is 28.9 Å². The van der Waals surface area contributed by atoms with Crippen LogP contribution in [0, 0.1) is 20.3 Å². The van der Waals surface area contributed by atoms with Gasteiger partial charge in [0.05, 0.1) is 0 Å². The second-order valence-electron chi connectivity index (χ2n) is 11.2. The molecule has 3 aliphatic rings. The van der Waals surface area contributed by atoms with E-state index in [1.54, 1.807) is 10.4 Å². The van der Waals surface area contributed by atoms with Crippen LogP contribution in [0.25, 0.3) is 0 Å². The molecule has 1 atom stereocenters. The minimum absolute atomic E-state index is 0. The van der Waals surface area contributed by atoms with E-state index in [1.807, 2.05) is 36.4 Å². The number of hydrogen-bond acceptors (Lipinski definition) is 0. The third-order valence-corrected chi connectivity index (χ3v) is 15.9. The van der Waals surface area contributed by atoms with Gasteiger partial charge in [-0.25, -0.2) is 0 Å². The second kappa shape index (κ2) is 18.0. The Bertz CT molecular complexity index is 936. The van der Waals surface area contributed by atoms with Crippen molar-refractivity contribution >= 4 is 35.5 Å². The summed E-state index contributed by atoms with van der Waals surface area (Å²) in [4.78, 5) is 0. The quantitative estimate of drug-likeness (QED) is 0.193. The van der Waals surface area contributed by atoms with E-state index in [-0.39, 0.29) is 14.9 Å². The SMILES string of the molecule is [CH3-].[CH3-].[Cl][Zr+2][Cl].c1ccc([Si](c2ccccc2)(C2CCCC2)C2CCCC23CCCCC3)cc1.c1ccccc1. The summed E-state index contributed by atoms with van der Waals surface area (Å²) in [5.74, 6) is 0. The first-order valence-corrected chi connectivity index (χ1v) is 22.8. The van der Waals surface area contributed by atoms with E-state index >= 15 is 0 Å². The smallest absolute Gasteiger partial charge is 0.0626 e. The van der Waals surface area contributed by atoms with Gasteiger partial charge in [-0.15, -0.1) is 0 Å². The summed E-state index contributed by atoms with van der Waals surface area (Å²) in [6, 6.07) is 35.9. The second-order valence-corrected chi connectivity index (χ2v) is 19.3. The molecule has 0 nitrogen and oxygen atoms in total. The van der Waals surface area contributed by atoms with Crippen LogP contribution in [-0.2, 0) is 20.8 Å². The summed E-state index contributed by atoms with van der Waals surface area (Å²) in [5, 5.41) is 3.51. The molecule has 3 aliphatic carbocycles. The molecule has 3 aromatic rings. The topological polar surface area (TPSA) is 0 Å². The molecule has 0 aromatic heterocycles. The molecule has 6 rings (SSSR count). The molecule has 39 heavy (non-hydrogen) atoms. The summed E-state index contributed by atoms with van der Waals surface area (Å²) in [6.45, 7) is 0. The first-order chi connectivity index (χ1) is 18.3. The van der Waals surface area contributed by atoms with Crippen molar-refractivity contribution in [2.24, 2.45) is 5.41 Å². The Hall–Kier alpha value is -0.660. The van der Waals surface area contributed by atoms with Gasteiger partial charge in [0.2, 0.25) is 0 Å². The van der Waals surface area contributed by atoms with Crippen LogP contribution in [0.1, 0.15) is 77.0 Å². The van der Waals surface area contributed by atoms with Crippen LogP contribution < -0.4 is 10.4 Å². The summed E-state index contributed by atoms with van der Waals surface area (Å²) in [6.07, 6.45) is 17.8. The van der Waals surface area contributed by atoms with Gasteiger partial charge in [0.1, 0.15) is 8.07 Å². The van der Waals surface area contributed by atoms with Crippen molar-refractivity contribution < 1.29 is 20.8 Å². The van der Waals surface area contributed by atoms with Crippen molar-refractivity contribution in [3.05, 3.63) is 112 Å². The zero-order valence-corrected chi connectivity index (χ0v) is 29.1. The molecule has 210 valence electrons. The van der Waals surface area contributed by atoms with E-state index in [9.17, 15) is 0 Å². The number of rotatable bonds is 4. The fraction of sp³-hybridized carbons (Fsp3) is 0.429. The maximum Gasteiger partial charge on any atom is 0.124 e. The van der Waals surface area contributed by atoms with Gasteiger partial charge in [-0.3, -0.25) is 0 Å². The Morgan fingerprint density at radius 1 is 0.538 bits per heavy atom. The Labute approximate surface area is 260 Å². The molecule has 4 heteroatoms. The molecular weight excluding hydrogens is 611 g/mol. The third-order valence-electron chi connectivity index (χ3n) is 9.47. The molecule has 0 heterocycles. The summed E-state index contributed by atoms with van der Waals surface area (Å²) >= 11 is -0.826. The van der Waals surface area contributed by atoms with Crippen molar-refractivity contribution in [1.82, 2.24) is 0 Å². The number of halogens is 2. The predicted molar refractivity (Wildman–Crippen MR) is 174 cm³/mol. The van der Waals surface area contributed by atoms with Crippen molar-refractivity contribution in [1.29, 1.82) is 0 Å². The molecule has 0 aliphatic heterocycles. The summed E-state index contributed by atoms with van der Waals surface area (Å²) in [5.41, 5.74) is 2.55. The van der Waals surface area contributed by atoms with Crippen molar-refractivity contribution in [3.63, 3.8) is 0 Å². The Morgan fingerprint density at radius 3 is 1.36 bits per heavy atom. The van der Waals surface area contributed by atoms with E-state index in [0.717, 1.165) is 11.1 Å². The normalized spacial score (nSPS) is 19.7. The molecular formula is C35H48Cl2SiZr. The van der Waals surface area contributed by atoms with E-state index in [1.165, 1.54) is 77.0 Å². The average Bonchev–Trinajstić information content (AvgIpc) is 3.65. The third kappa shape index (κ3) is 8.22. The van der Waals surface area contributed by atoms with E-state index in [4.69, 9.17) is 17.0 Å². The van der Waals surface area contributed by atoms with Crippen LogP contribution in [0.15, 0.2) is 97.1 Å². The number of hydrogen-bond donors (Lipinski definition) is 0. The largest absolute Gasteiger partial charge is 0.124 e. The van der Waals surface area contributed by atoms with Crippen molar-refractivity contribution in [3.8, 4) is 0 Å². The van der Waals surface area contributed by atoms with Gasteiger partial charge >= 0.3 is 37.9 Å². The van der Waals surface area contributed by atoms with Gasteiger partial charge < -0.3 is 14.9 Å².